The molecule has 0 N–H and O–H groups in total. The standard InChI is InChI=1S/C14H15N3S/c1-3-10-9-17-13(15-16-14(17)18-2)8-11-6-4-5-7-12(10)11/h4-7,9H,3,8H2,1-2H3. The first-order valence-corrected chi connectivity index (χ1v) is 7.32. The topological polar surface area (TPSA) is 30.7 Å². The molecule has 92 valence electrons. The molecule has 1 aliphatic rings. The van der Waals surface area contributed by atoms with Gasteiger partial charge in [0.1, 0.15) is 5.82 Å². The number of rotatable bonds is 2. The summed E-state index contributed by atoms with van der Waals surface area (Å²) in [4.78, 5) is 0. The Bertz CT molecular complexity index is 613. The first kappa shape index (κ1) is 11.5. The average molecular weight is 257 g/mol. The van der Waals surface area contributed by atoms with E-state index in [0.29, 0.717) is 0 Å². The smallest absolute Gasteiger partial charge is 0.195 e. The van der Waals surface area contributed by atoms with Gasteiger partial charge < -0.3 is 0 Å². The first-order chi connectivity index (χ1) is 8.83. The van der Waals surface area contributed by atoms with Crippen LogP contribution in [0.5, 0.6) is 0 Å². The molecule has 3 nitrogen and oxygen atoms in total. The monoisotopic (exact) mass is 257 g/mol. The highest BCUT2D eigenvalue weighted by Gasteiger charge is 2.17. The number of allylic oxidation sites excluding steroid dienone is 1. The van der Waals surface area contributed by atoms with Crippen molar-refractivity contribution in [1.29, 1.82) is 0 Å². The molecule has 1 aromatic carbocycles. The Balaban J connectivity index is 2.22. The van der Waals surface area contributed by atoms with E-state index in [1.54, 1.807) is 11.8 Å². The number of fused-ring (bicyclic) bond motifs is 2. The van der Waals surface area contributed by atoms with Crippen LogP contribution < -0.4 is 0 Å². The minimum atomic E-state index is 0.851. The van der Waals surface area contributed by atoms with E-state index in [0.717, 1.165) is 23.8 Å². The minimum Gasteiger partial charge on any atom is -0.280 e. The molecule has 0 amide bonds. The van der Waals surface area contributed by atoms with Crippen molar-refractivity contribution in [3.05, 3.63) is 41.2 Å². The second kappa shape index (κ2) is 4.61. The van der Waals surface area contributed by atoms with Gasteiger partial charge in [-0.05, 0) is 29.4 Å². The maximum atomic E-state index is 4.30. The fourth-order valence-electron chi connectivity index (χ4n) is 2.36. The molecular formula is C14H15N3S. The fraction of sp³-hybridized carbons (Fsp3) is 0.286. The molecule has 4 heteroatoms. The van der Waals surface area contributed by atoms with E-state index in [1.165, 1.54) is 16.7 Å². The normalized spacial score (nSPS) is 13.6. The van der Waals surface area contributed by atoms with E-state index in [-0.39, 0.29) is 0 Å². The quantitative estimate of drug-likeness (QED) is 0.773. The molecular weight excluding hydrogens is 242 g/mol. The van der Waals surface area contributed by atoms with Crippen LogP contribution in [0, 0.1) is 0 Å². The van der Waals surface area contributed by atoms with Gasteiger partial charge >= 0.3 is 0 Å². The maximum Gasteiger partial charge on any atom is 0.195 e. The molecule has 0 bridgehead atoms. The van der Waals surface area contributed by atoms with E-state index in [1.807, 2.05) is 6.26 Å². The number of benzene rings is 1. The second-order valence-electron chi connectivity index (χ2n) is 4.31. The largest absolute Gasteiger partial charge is 0.280 e. The van der Waals surface area contributed by atoms with Crippen LogP contribution in [0.15, 0.2) is 29.4 Å². The van der Waals surface area contributed by atoms with Gasteiger partial charge in [-0.2, -0.15) is 0 Å². The summed E-state index contributed by atoms with van der Waals surface area (Å²) in [6, 6.07) is 8.57. The Morgan fingerprint density at radius 1 is 1.28 bits per heavy atom. The Morgan fingerprint density at radius 2 is 2.11 bits per heavy atom. The summed E-state index contributed by atoms with van der Waals surface area (Å²) in [5, 5.41) is 9.50. The summed E-state index contributed by atoms with van der Waals surface area (Å²) < 4.78 is 2.13. The van der Waals surface area contributed by atoms with Gasteiger partial charge in [-0.15, -0.1) is 10.2 Å². The summed E-state index contributed by atoms with van der Waals surface area (Å²) in [7, 11) is 0. The van der Waals surface area contributed by atoms with Crippen LogP contribution in [-0.4, -0.2) is 21.0 Å². The molecule has 0 saturated heterocycles. The predicted octanol–water partition coefficient (Wildman–Crippen LogP) is 3.31. The highest BCUT2D eigenvalue weighted by molar-refractivity contribution is 7.98. The fourth-order valence-corrected chi connectivity index (χ4v) is 2.84. The van der Waals surface area contributed by atoms with E-state index < -0.39 is 0 Å². The van der Waals surface area contributed by atoms with Gasteiger partial charge in [-0.3, -0.25) is 4.57 Å². The lowest BCUT2D eigenvalue weighted by Crippen LogP contribution is -1.97. The average Bonchev–Trinajstić information content (AvgIpc) is 2.71. The van der Waals surface area contributed by atoms with Crippen LogP contribution in [0.1, 0.15) is 30.3 Å². The van der Waals surface area contributed by atoms with Gasteiger partial charge in [0.15, 0.2) is 5.16 Å². The molecule has 2 heterocycles. The summed E-state index contributed by atoms with van der Waals surface area (Å²) >= 11 is 1.64. The predicted molar refractivity (Wildman–Crippen MR) is 75.5 cm³/mol. The van der Waals surface area contributed by atoms with Crippen LogP contribution in [0.25, 0.3) is 11.8 Å². The molecule has 0 saturated carbocycles. The number of nitrogens with zero attached hydrogens (tertiary/aromatic N) is 3. The highest BCUT2D eigenvalue weighted by Crippen LogP contribution is 2.30. The molecule has 2 aromatic rings. The SMILES string of the molecule is CCC1=Cn2c(nnc2SC)Cc2ccccc21. The van der Waals surface area contributed by atoms with Crippen molar-refractivity contribution in [3.63, 3.8) is 0 Å². The Kier molecular flexibility index (Phi) is 2.96. The van der Waals surface area contributed by atoms with Crippen LogP contribution in [-0.2, 0) is 6.42 Å². The Morgan fingerprint density at radius 3 is 2.89 bits per heavy atom. The zero-order valence-electron chi connectivity index (χ0n) is 10.6. The van der Waals surface area contributed by atoms with Crippen LogP contribution >= 0.6 is 11.8 Å². The maximum absolute atomic E-state index is 4.30. The van der Waals surface area contributed by atoms with Crippen molar-refractivity contribution < 1.29 is 0 Å². The van der Waals surface area contributed by atoms with Gasteiger partial charge in [0.25, 0.3) is 0 Å². The molecule has 0 unspecified atom stereocenters. The third-order valence-corrected chi connectivity index (χ3v) is 3.94. The molecule has 0 spiro atoms. The van der Waals surface area contributed by atoms with Gasteiger partial charge in [0.2, 0.25) is 0 Å². The molecule has 1 aliphatic heterocycles. The molecule has 18 heavy (non-hydrogen) atoms. The number of hydrogen-bond donors (Lipinski definition) is 0. The van der Waals surface area contributed by atoms with Gasteiger partial charge in [-0.1, -0.05) is 43.0 Å². The van der Waals surface area contributed by atoms with E-state index in [2.05, 4.69) is 52.2 Å². The van der Waals surface area contributed by atoms with Crippen LogP contribution in [0.3, 0.4) is 0 Å². The molecule has 0 radical (unpaired) electrons. The van der Waals surface area contributed by atoms with Crippen molar-refractivity contribution in [1.82, 2.24) is 14.8 Å². The first-order valence-electron chi connectivity index (χ1n) is 6.10. The van der Waals surface area contributed by atoms with Crippen LogP contribution in [0.4, 0.5) is 0 Å². The summed E-state index contributed by atoms with van der Waals surface area (Å²) in [6.07, 6.45) is 6.09. The van der Waals surface area contributed by atoms with E-state index in [4.69, 9.17) is 0 Å². The van der Waals surface area contributed by atoms with Crippen molar-refractivity contribution in [2.75, 3.05) is 6.26 Å². The third-order valence-electron chi connectivity index (χ3n) is 3.30. The van der Waals surface area contributed by atoms with Gasteiger partial charge in [0, 0.05) is 12.6 Å². The number of aromatic nitrogens is 3. The highest BCUT2D eigenvalue weighted by atomic mass is 32.2. The van der Waals surface area contributed by atoms with E-state index >= 15 is 0 Å². The van der Waals surface area contributed by atoms with Crippen molar-refractivity contribution in [2.24, 2.45) is 0 Å². The molecule has 0 aliphatic carbocycles. The lowest BCUT2D eigenvalue weighted by molar-refractivity contribution is 0.900. The summed E-state index contributed by atoms with van der Waals surface area (Å²) in [6.45, 7) is 2.19. The zero-order valence-corrected chi connectivity index (χ0v) is 11.4. The Hall–Kier alpha value is -1.55. The zero-order chi connectivity index (χ0) is 12.5. The second-order valence-corrected chi connectivity index (χ2v) is 5.09. The summed E-state index contributed by atoms with van der Waals surface area (Å²) in [5.74, 6) is 1.02. The Labute approximate surface area is 111 Å². The third kappa shape index (κ3) is 1.77. The van der Waals surface area contributed by atoms with Crippen molar-refractivity contribution in [3.8, 4) is 0 Å². The van der Waals surface area contributed by atoms with Gasteiger partial charge in [-0.25, -0.2) is 0 Å². The van der Waals surface area contributed by atoms with Crippen LogP contribution in [0.2, 0.25) is 0 Å². The summed E-state index contributed by atoms with van der Waals surface area (Å²) in [5.41, 5.74) is 4.03. The number of thioether (sulfide) groups is 1. The van der Waals surface area contributed by atoms with Crippen molar-refractivity contribution >= 4 is 23.5 Å². The molecule has 0 atom stereocenters. The molecule has 0 fully saturated rings. The van der Waals surface area contributed by atoms with Crippen molar-refractivity contribution in [2.45, 2.75) is 24.9 Å². The lowest BCUT2D eigenvalue weighted by Gasteiger charge is -2.07. The lowest BCUT2D eigenvalue weighted by atomic mass is 9.97. The number of hydrogen-bond acceptors (Lipinski definition) is 3. The van der Waals surface area contributed by atoms with E-state index in [9.17, 15) is 0 Å². The molecule has 1 aromatic heterocycles. The molecule has 3 rings (SSSR count). The minimum absolute atomic E-state index is 0.851. The van der Waals surface area contributed by atoms with Gasteiger partial charge in [0.05, 0.1) is 0 Å².